The SMILES string of the molecule is O=C(NCC1(CCl)CCCCC1)c1ccc(Cl)s1. The van der Waals surface area contributed by atoms with Crippen molar-refractivity contribution in [3.63, 3.8) is 0 Å². The van der Waals surface area contributed by atoms with Gasteiger partial charge in [0.1, 0.15) is 0 Å². The van der Waals surface area contributed by atoms with Crippen molar-refractivity contribution in [2.45, 2.75) is 32.1 Å². The van der Waals surface area contributed by atoms with Crippen LogP contribution >= 0.6 is 34.5 Å². The number of alkyl halides is 1. The molecule has 1 amide bonds. The summed E-state index contributed by atoms with van der Waals surface area (Å²) < 4.78 is 0.643. The van der Waals surface area contributed by atoms with Crippen LogP contribution in [-0.2, 0) is 0 Å². The molecule has 2 rings (SSSR count). The highest BCUT2D eigenvalue weighted by atomic mass is 35.5. The molecule has 1 aliphatic rings. The van der Waals surface area contributed by atoms with Crippen LogP contribution < -0.4 is 5.32 Å². The van der Waals surface area contributed by atoms with Crippen molar-refractivity contribution >= 4 is 40.4 Å². The zero-order valence-electron chi connectivity index (χ0n) is 10.2. The van der Waals surface area contributed by atoms with Crippen molar-refractivity contribution in [1.29, 1.82) is 0 Å². The van der Waals surface area contributed by atoms with E-state index in [1.165, 1.54) is 30.6 Å². The van der Waals surface area contributed by atoms with E-state index in [9.17, 15) is 4.79 Å². The summed E-state index contributed by atoms with van der Waals surface area (Å²) in [5.41, 5.74) is 0.0938. The quantitative estimate of drug-likeness (QED) is 0.825. The first kappa shape index (κ1) is 14.2. The van der Waals surface area contributed by atoms with E-state index in [2.05, 4.69) is 5.32 Å². The number of thiophene rings is 1. The molecule has 1 heterocycles. The second kappa shape index (κ2) is 6.27. The first-order chi connectivity index (χ1) is 8.65. The number of rotatable bonds is 4. The number of hydrogen-bond acceptors (Lipinski definition) is 2. The number of hydrogen-bond donors (Lipinski definition) is 1. The summed E-state index contributed by atoms with van der Waals surface area (Å²) in [6.07, 6.45) is 5.94. The van der Waals surface area contributed by atoms with Gasteiger partial charge in [-0.3, -0.25) is 4.79 Å². The van der Waals surface area contributed by atoms with Gasteiger partial charge in [-0.25, -0.2) is 0 Å². The molecule has 2 nitrogen and oxygen atoms in total. The van der Waals surface area contributed by atoms with E-state index < -0.39 is 0 Å². The highest BCUT2D eigenvalue weighted by Gasteiger charge is 2.31. The Morgan fingerprint density at radius 2 is 2.06 bits per heavy atom. The molecule has 0 bridgehead atoms. The van der Waals surface area contributed by atoms with Crippen molar-refractivity contribution in [2.75, 3.05) is 12.4 Å². The molecule has 0 aromatic carbocycles. The predicted octanol–water partition coefficient (Wildman–Crippen LogP) is 4.32. The smallest absolute Gasteiger partial charge is 0.261 e. The van der Waals surface area contributed by atoms with Crippen LogP contribution in [0.3, 0.4) is 0 Å². The molecule has 0 saturated heterocycles. The van der Waals surface area contributed by atoms with Crippen LogP contribution in [0.15, 0.2) is 12.1 Å². The average Bonchev–Trinajstić information content (AvgIpc) is 2.84. The first-order valence-electron chi connectivity index (χ1n) is 6.25. The van der Waals surface area contributed by atoms with Gasteiger partial charge >= 0.3 is 0 Å². The summed E-state index contributed by atoms with van der Waals surface area (Å²) in [7, 11) is 0. The Bertz CT molecular complexity index is 413. The van der Waals surface area contributed by atoms with E-state index in [4.69, 9.17) is 23.2 Å². The van der Waals surface area contributed by atoms with Crippen molar-refractivity contribution in [1.82, 2.24) is 5.32 Å². The van der Waals surface area contributed by atoms with Gasteiger partial charge in [-0.1, -0.05) is 30.9 Å². The molecular formula is C13H17Cl2NOS. The summed E-state index contributed by atoms with van der Waals surface area (Å²) in [4.78, 5) is 12.6. The molecule has 0 atom stereocenters. The second-order valence-corrected chi connectivity index (χ2v) is 6.96. The molecule has 5 heteroatoms. The molecule has 0 unspecified atom stereocenters. The lowest BCUT2D eigenvalue weighted by molar-refractivity contribution is 0.0925. The van der Waals surface area contributed by atoms with Gasteiger partial charge in [0, 0.05) is 17.8 Å². The summed E-state index contributed by atoms with van der Waals surface area (Å²) in [6.45, 7) is 0.671. The largest absolute Gasteiger partial charge is 0.351 e. The lowest BCUT2D eigenvalue weighted by Crippen LogP contribution is -2.40. The number of nitrogens with one attached hydrogen (secondary N) is 1. The predicted molar refractivity (Wildman–Crippen MR) is 77.9 cm³/mol. The van der Waals surface area contributed by atoms with Crippen LogP contribution in [0.25, 0.3) is 0 Å². The van der Waals surface area contributed by atoms with Crippen LogP contribution in [0.4, 0.5) is 0 Å². The van der Waals surface area contributed by atoms with E-state index in [1.807, 2.05) is 0 Å². The summed E-state index contributed by atoms with van der Waals surface area (Å²) >= 11 is 13.2. The molecule has 0 spiro atoms. The van der Waals surface area contributed by atoms with Crippen LogP contribution in [0.5, 0.6) is 0 Å². The van der Waals surface area contributed by atoms with Gasteiger partial charge in [0.15, 0.2) is 0 Å². The van der Waals surface area contributed by atoms with Crippen LogP contribution in [-0.4, -0.2) is 18.3 Å². The number of amides is 1. The van der Waals surface area contributed by atoms with E-state index in [0.717, 1.165) is 12.8 Å². The van der Waals surface area contributed by atoms with Gasteiger partial charge in [-0.15, -0.1) is 22.9 Å². The Kier molecular flexibility index (Phi) is 4.93. The first-order valence-corrected chi connectivity index (χ1v) is 7.98. The normalized spacial score (nSPS) is 18.6. The minimum Gasteiger partial charge on any atom is -0.351 e. The molecule has 1 aliphatic carbocycles. The highest BCUT2D eigenvalue weighted by molar-refractivity contribution is 7.17. The number of carbonyl (C=O) groups excluding carboxylic acids is 1. The summed E-state index contributed by atoms with van der Waals surface area (Å²) in [5, 5.41) is 3.00. The lowest BCUT2D eigenvalue weighted by atomic mass is 9.75. The minimum atomic E-state index is -0.0398. The standard InChI is InChI=1S/C13H17Cl2NOS/c14-8-13(6-2-1-3-7-13)9-16-12(17)10-4-5-11(15)18-10/h4-5H,1-3,6-9H2,(H,16,17). The number of halogens is 2. The zero-order valence-corrected chi connectivity index (χ0v) is 12.5. The molecule has 1 N–H and O–H groups in total. The maximum atomic E-state index is 12.0. The fraction of sp³-hybridized carbons (Fsp3) is 0.615. The monoisotopic (exact) mass is 305 g/mol. The van der Waals surface area contributed by atoms with E-state index in [0.29, 0.717) is 21.6 Å². The van der Waals surface area contributed by atoms with Gasteiger partial charge < -0.3 is 5.32 Å². The molecule has 1 aromatic rings. The van der Waals surface area contributed by atoms with Gasteiger partial charge in [-0.2, -0.15) is 0 Å². The molecular weight excluding hydrogens is 289 g/mol. The third-order valence-corrected chi connectivity index (χ3v) is 5.42. The fourth-order valence-corrected chi connectivity index (χ4v) is 3.77. The molecule has 1 fully saturated rings. The molecule has 1 aromatic heterocycles. The van der Waals surface area contributed by atoms with Crippen LogP contribution in [0.1, 0.15) is 41.8 Å². The molecule has 0 radical (unpaired) electrons. The van der Waals surface area contributed by atoms with Crippen LogP contribution in [0.2, 0.25) is 4.34 Å². The lowest BCUT2D eigenvalue weighted by Gasteiger charge is -2.35. The molecule has 1 saturated carbocycles. The third kappa shape index (κ3) is 3.40. The summed E-state index contributed by atoms with van der Waals surface area (Å²) in [5.74, 6) is 0.584. The van der Waals surface area contributed by atoms with Crippen molar-refractivity contribution < 1.29 is 4.79 Å². The minimum absolute atomic E-state index is 0.0398. The van der Waals surface area contributed by atoms with Crippen molar-refractivity contribution in [2.24, 2.45) is 5.41 Å². The zero-order chi connectivity index (χ0) is 13.0. The Hall–Kier alpha value is -0.250. The van der Waals surface area contributed by atoms with Crippen molar-refractivity contribution in [3.8, 4) is 0 Å². The summed E-state index contributed by atoms with van der Waals surface area (Å²) in [6, 6.07) is 3.51. The van der Waals surface area contributed by atoms with Gasteiger partial charge in [-0.05, 0) is 25.0 Å². The van der Waals surface area contributed by atoms with Gasteiger partial charge in [0.25, 0.3) is 5.91 Å². The average molecular weight is 306 g/mol. The van der Waals surface area contributed by atoms with E-state index in [-0.39, 0.29) is 11.3 Å². The number of carbonyl (C=O) groups is 1. The topological polar surface area (TPSA) is 29.1 Å². The van der Waals surface area contributed by atoms with Crippen molar-refractivity contribution in [3.05, 3.63) is 21.3 Å². The van der Waals surface area contributed by atoms with Gasteiger partial charge in [0.2, 0.25) is 0 Å². The van der Waals surface area contributed by atoms with Gasteiger partial charge in [0.05, 0.1) is 9.21 Å². The van der Waals surface area contributed by atoms with E-state index >= 15 is 0 Å². The molecule has 0 aliphatic heterocycles. The Morgan fingerprint density at radius 1 is 1.33 bits per heavy atom. The molecule has 18 heavy (non-hydrogen) atoms. The molecule has 100 valence electrons. The maximum absolute atomic E-state index is 12.0. The Morgan fingerprint density at radius 3 is 2.61 bits per heavy atom. The Balaban J connectivity index is 1.91. The maximum Gasteiger partial charge on any atom is 0.261 e. The van der Waals surface area contributed by atoms with Crippen LogP contribution in [0, 0.1) is 5.41 Å². The van der Waals surface area contributed by atoms with E-state index in [1.54, 1.807) is 12.1 Å². The third-order valence-electron chi connectivity index (χ3n) is 3.62. The Labute approximate surface area is 122 Å². The fourth-order valence-electron chi connectivity index (χ4n) is 2.45. The highest BCUT2D eigenvalue weighted by Crippen LogP contribution is 2.36. The second-order valence-electron chi connectivity index (χ2n) is 4.98.